The van der Waals surface area contributed by atoms with Crippen LogP contribution in [0.4, 0.5) is 0 Å². The van der Waals surface area contributed by atoms with Gasteiger partial charge in [0.15, 0.2) is 5.96 Å². The average Bonchev–Trinajstić information content (AvgIpc) is 3.00. The van der Waals surface area contributed by atoms with E-state index in [1.807, 2.05) is 0 Å². The third-order valence-corrected chi connectivity index (χ3v) is 4.99. The van der Waals surface area contributed by atoms with Crippen LogP contribution in [0.1, 0.15) is 53.9 Å². The lowest BCUT2D eigenvalue weighted by Crippen LogP contribution is -2.41. The van der Waals surface area contributed by atoms with Crippen molar-refractivity contribution in [3.8, 4) is 0 Å². The van der Waals surface area contributed by atoms with Crippen LogP contribution in [0.3, 0.4) is 0 Å². The maximum Gasteiger partial charge on any atom is 0.193 e. The molecule has 1 saturated heterocycles. The van der Waals surface area contributed by atoms with E-state index in [0.29, 0.717) is 0 Å². The number of hydrogen-bond acceptors (Lipinski definition) is 2. The molecular formula is C18H39IN4. The molecule has 1 fully saturated rings. The highest BCUT2D eigenvalue weighted by Crippen LogP contribution is 2.18. The molecule has 0 radical (unpaired) electrons. The van der Waals surface area contributed by atoms with Gasteiger partial charge in [-0.1, -0.05) is 40.5 Å². The Hall–Kier alpha value is -0.0400. The Balaban J connectivity index is 0.00000484. The molecule has 1 heterocycles. The summed E-state index contributed by atoms with van der Waals surface area (Å²) in [6.07, 6.45) is 3.75. The van der Waals surface area contributed by atoms with Crippen molar-refractivity contribution in [2.24, 2.45) is 16.8 Å². The standard InChI is InChI=1S/C18H38N4.HI/c1-6-16(7-2)13-20-18(19-8-3)22-12-11-17(15-22)14-21(9-4)10-5;/h16-17H,6-15H2,1-5H3,(H,19,20);1H. The van der Waals surface area contributed by atoms with Gasteiger partial charge in [-0.2, -0.15) is 0 Å². The van der Waals surface area contributed by atoms with Crippen molar-refractivity contribution in [3.63, 3.8) is 0 Å². The van der Waals surface area contributed by atoms with Gasteiger partial charge in [0, 0.05) is 32.7 Å². The molecule has 5 heteroatoms. The number of nitrogens with one attached hydrogen (secondary N) is 1. The topological polar surface area (TPSA) is 30.9 Å². The van der Waals surface area contributed by atoms with Gasteiger partial charge in [0.2, 0.25) is 0 Å². The normalized spacial score (nSPS) is 18.7. The van der Waals surface area contributed by atoms with Crippen LogP contribution >= 0.6 is 24.0 Å². The molecule has 1 atom stereocenters. The van der Waals surface area contributed by atoms with Crippen LogP contribution in [-0.2, 0) is 0 Å². The molecule has 0 aromatic heterocycles. The molecule has 0 amide bonds. The Bertz CT molecular complexity index is 314. The molecule has 1 unspecified atom stereocenters. The molecule has 0 aromatic carbocycles. The first-order valence-corrected chi connectivity index (χ1v) is 9.43. The van der Waals surface area contributed by atoms with E-state index in [-0.39, 0.29) is 24.0 Å². The van der Waals surface area contributed by atoms with Gasteiger partial charge in [0.25, 0.3) is 0 Å². The maximum atomic E-state index is 4.91. The van der Waals surface area contributed by atoms with Crippen molar-refractivity contribution in [1.82, 2.24) is 15.1 Å². The van der Waals surface area contributed by atoms with Gasteiger partial charge in [-0.25, -0.2) is 0 Å². The molecule has 0 aliphatic carbocycles. The molecule has 0 aromatic rings. The van der Waals surface area contributed by atoms with Gasteiger partial charge in [0.1, 0.15) is 0 Å². The summed E-state index contributed by atoms with van der Waals surface area (Å²) in [5.74, 6) is 2.65. The number of hydrogen-bond donors (Lipinski definition) is 1. The summed E-state index contributed by atoms with van der Waals surface area (Å²) >= 11 is 0. The van der Waals surface area contributed by atoms with Crippen molar-refractivity contribution in [3.05, 3.63) is 0 Å². The molecule has 1 N–H and O–H groups in total. The van der Waals surface area contributed by atoms with Crippen LogP contribution in [0.25, 0.3) is 0 Å². The molecule has 0 spiro atoms. The summed E-state index contributed by atoms with van der Waals surface area (Å²) in [4.78, 5) is 9.93. The summed E-state index contributed by atoms with van der Waals surface area (Å²) in [7, 11) is 0. The van der Waals surface area contributed by atoms with E-state index in [1.165, 1.54) is 25.8 Å². The van der Waals surface area contributed by atoms with E-state index < -0.39 is 0 Å². The van der Waals surface area contributed by atoms with Crippen LogP contribution < -0.4 is 5.32 Å². The van der Waals surface area contributed by atoms with E-state index in [4.69, 9.17) is 4.99 Å². The third-order valence-electron chi connectivity index (χ3n) is 4.99. The quantitative estimate of drug-likeness (QED) is 0.339. The number of halogens is 1. The van der Waals surface area contributed by atoms with E-state index in [2.05, 4.69) is 49.7 Å². The maximum absolute atomic E-state index is 4.91. The minimum Gasteiger partial charge on any atom is -0.357 e. The zero-order chi connectivity index (χ0) is 16.4. The summed E-state index contributed by atoms with van der Waals surface area (Å²) in [6.45, 7) is 19.0. The second-order valence-corrected chi connectivity index (χ2v) is 6.46. The first-order valence-electron chi connectivity index (χ1n) is 9.43. The molecular weight excluding hydrogens is 399 g/mol. The van der Waals surface area contributed by atoms with Gasteiger partial charge in [0.05, 0.1) is 0 Å². The Morgan fingerprint density at radius 1 is 1.17 bits per heavy atom. The smallest absolute Gasteiger partial charge is 0.193 e. The first kappa shape index (κ1) is 23.0. The third kappa shape index (κ3) is 8.05. The molecule has 1 aliphatic heterocycles. The summed E-state index contributed by atoms with van der Waals surface area (Å²) in [5.41, 5.74) is 0. The average molecular weight is 438 g/mol. The molecule has 138 valence electrons. The van der Waals surface area contributed by atoms with Crippen LogP contribution in [0, 0.1) is 11.8 Å². The molecule has 4 nitrogen and oxygen atoms in total. The fourth-order valence-electron chi connectivity index (χ4n) is 3.21. The minimum absolute atomic E-state index is 0. The fraction of sp³-hybridized carbons (Fsp3) is 0.944. The summed E-state index contributed by atoms with van der Waals surface area (Å²) < 4.78 is 0. The van der Waals surface area contributed by atoms with E-state index in [9.17, 15) is 0 Å². The Labute approximate surface area is 161 Å². The Morgan fingerprint density at radius 2 is 1.83 bits per heavy atom. The lowest BCUT2D eigenvalue weighted by atomic mass is 10.0. The van der Waals surface area contributed by atoms with Gasteiger partial charge >= 0.3 is 0 Å². The Morgan fingerprint density at radius 3 is 2.35 bits per heavy atom. The first-order chi connectivity index (χ1) is 10.7. The van der Waals surface area contributed by atoms with E-state index in [1.54, 1.807) is 0 Å². The molecule has 23 heavy (non-hydrogen) atoms. The van der Waals surface area contributed by atoms with Crippen molar-refractivity contribution in [2.45, 2.75) is 53.9 Å². The van der Waals surface area contributed by atoms with Gasteiger partial charge in [-0.05, 0) is 38.3 Å². The highest BCUT2D eigenvalue weighted by molar-refractivity contribution is 14.0. The predicted molar refractivity (Wildman–Crippen MR) is 113 cm³/mol. The van der Waals surface area contributed by atoms with Gasteiger partial charge < -0.3 is 15.1 Å². The predicted octanol–water partition coefficient (Wildman–Crippen LogP) is 3.67. The molecule has 0 saturated carbocycles. The number of aliphatic imine (C=N–C) groups is 1. The number of nitrogens with zero attached hydrogens (tertiary/aromatic N) is 3. The van der Waals surface area contributed by atoms with Crippen LogP contribution in [0.2, 0.25) is 0 Å². The van der Waals surface area contributed by atoms with Crippen LogP contribution in [0.5, 0.6) is 0 Å². The molecule has 1 rings (SSSR count). The lowest BCUT2D eigenvalue weighted by molar-refractivity contribution is 0.255. The molecule has 1 aliphatic rings. The van der Waals surface area contributed by atoms with Crippen molar-refractivity contribution < 1.29 is 0 Å². The number of likely N-dealkylation sites (tertiary alicyclic amines) is 1. The summed E-state index contributed by atoms with van der Waals surface area (Å²) in [5, 5.41) is 3.49. The van der Waals surface area contributed by atoms with Crippen LogP contribution in [0.15, 0.2) is 4.99 Å². The monoisotopic (exact) mass is 438 g/mol. The second kappa shape index (κ2) is 13.3. The van der Waals surface area contributed by atoms with Crippen LogP contribution in [-0.4, -0.2) is 61.6 Å². The zero-order valence-corrected chi connectivity index (χ0v) is 18.3. The van der Waals surface area contributed by atoms with E-state index >= 15 is 0 Å². The SMILES string of the molecule is CCNC(=NCC(CC)CC)N1CCC(CN(CC)CC)C1.I. The largest absolute Gasteiger partial charge is 0.357 e. The fourth-order valence-corrected chi connectivity index (χ4v) is 3.21. The van der Waals surface area contributed by atoms with Gasteiger partial charge in [-0.3, -0.25) is 4.99 Å². The van der Waals surface area contributed by atoms with Gasteiger partial charge in [-0.15, -0.1) is 24.0 Å². The highest BCUT2D eigenvalue weighted by Gasteiger charge is 2.25. The number of guanidine groups is 1. The van der Waals surface area contributed by atoms with Crippen molar-refractivity contribution in [2.75, 3.05) is 45.8 Å². The lowest BCUT2D eigenvalue weighted by Gasteiger charge is -2.24. The zero-order valence-electron chi connectivity index (χ0n) is 16.0. The Kier molecular flexibility index (Phi) is 13.3. The highest BCUT2D eigenvalue weighted by atomic mass is 127. The minimum atomic E-state index is 0. The van der Waals surface area contributed by atoms with E-state index in [0.717, 1.165) is 57.1 Å². The van der Waals surface area contributed by atoms with Crippen molar-refractivity contribution >= 4 is 29.9 Å². The number of rotatable bonds is 9. The second-order valence-electron chi connectivity index (χ2n) is 6.46. The summed E-state index contributed by atoms with van der Waals surface area (Å²) in [6, 6.07) is 0. The van der Waals surface area contributed by atoms with Crippen molar-refractivity contribution in [1.29, 1.82) is 0 Å². The molecule has 0 bridgehead atoms.